The molecule has 0 saturated heterocycles. The van der Waals surface area contributed by atoms with Crippen LogP contribution in [0.2, 0.25) is 0 Å². The molecule has 0 aliphatic heterocycles. The van der Waals surface area contributed by atoms with E-state index >= 15 is 0 Å². The first-order valence-corrected chi connectivity index (χ1v) is 9.42. The van der Waals surface area contributed by atoms with E-state index in [1.54, 1.807) is 6.92 Å². The van der Waals surface area contributed by atoms with E-state index in [-0.39, 0.29) is 18.7 Å². The van der Waals surface area contributed by atoms with Crippen LogP contribution in [-0.4, -0.2) is 28.2 Å². The summed E-state index contributed by atoms with van der Waals surface area (Å²) in [4.78, 5) is 24.1. The highest BCUT2D eigenvalue weighted by Gasteiger charge is 2.18. The lowest BCUT2D eigenvalue weighted by atomic mass is 10.1. The third-order valence-corrected chi connectivity index (χ3v) is 4.30. The topological polar surface area (TPSA) is 94.3 Å². The highest BCUT2D eigenvalue weighted by molar-refractivity contribution is 5.83. The molecule has 1 N–H and O–H groups in total. The Morgan fingerprint density at radius 1 is 1.07 bits per heavy atom. The fourth-order valence-electron chi connectivity index (χ4n) is 2.61. The molecule has 0 aliphatic rings. The molecule has 7 heteroatoms. The summed E-state index contributed by atoms with van der Waals surface area (Å²) in [5.41, 5.74) is 2.93. The molecule has 0 saturated carbocycles. The summed E-state index contributed by atoms with van der Waals surface area (Å²) in [6.07, 6.45) is -0.584. The average molecular weight is 393 g/mol. The van der Waals surface area contributed by atoms with E-state index in [0.717, 1.165) is 16.7 Å². The van der Waals surface area contributed by atoms with Gasteiger partial charge in [-0.2, -0.15) is 0 Å². The molecular weight excluding hydrogens is 370 g/mol. The number of nitrogens with one attached hydrogen (secondary N) is 1. The maximum Gasteiger partial charge on any atom is 0.307 e. The predicted molar refractivity (Wildman–Crippen MR) is 107 cm³/mol. The van der Waals surface area contributed by atoms with Crippen molar-refractivity contribution >= 4 is 11.9 Å². The minimum Gasteiger partial charge on any atom is -0.453 e. The van der Waals surface area contributed by atoms with Crippen LogP contribution in [0.5, 0.6) is 0 Å². The van der Waals surface area contributed by atoms with Crippen LogP contribution < -0.4 is 5.32 Å². The number of aromatic nitrogens is 2. The first-order chi connectivity index (χ1) is 14.0. The fourth-order valence-corrected chi connectivity index (χ4v) is 2.61. The van der Waals surface area contributed by atoms with E-state index in [1.165, 1.54) is 0 Å². The summed E-state index contributed by atoms with van der Waals surface area (Å²) in [6, 6.07) is 17.2. The van der Waals surface area contributed by atoms with Crippen LogP contribution in [0.1, 0.15) is 30.4 Å². The summed E-state index contributed by atoms with van der Waals surface area (Å²) < 4.78 is 10.8. The van der Waals surface area contributed by atoms with E-state index in [9.17, 15) is 9.59 Å². The number of hydrogen-bond donors (Lipinski definition) is 1. The van der Waals surface area contributed by atoms with Crippen LogP contribution in [0.3, 0.4) is 0 Å². The Kier molecular flexibility index (Phi) is 6.73. The number of benzene rings is 2. The lowest BCUT2D eigenvalue weighted by Crippen LogP contribution is -2.35. The Morgan fingerprint density at radius 3 is 2.52 bits per heavy atom. The number of esters is 1. The van der Waals surface area contributed by atoms with Gasteiger partial charge in [-0.3, -0.25) is 9.59 Å². The molecule has 0 bridgehead atoms. The Hall–Kier alpha value is -3.48. The van der Waals surface area contributed by atoms with E-state index < -0.39 is 12.1 Å². The summed E-state index contributed by atoms with van der Waals surface area (Å²) in [7, 11) is 0. The van der Waals surface area contributed by atoms with E-state index in [0.29, 0.717) is 18.3 Å². The Balaban J connectivity index is 1.43. The van der Waals surface area contributed by atoms with E-state index in [4.69, 9.17) is 9.15 Å². The maximum atomic E-state index is 12.1. The minimum atomic E-state index is -0.878. The second-order valence-corrected chi connectivity index (χ2v) is 6.70. The first kappa shape index (κ1) is 20.3. The molecule has 29 heavy (non-hydrogen) atoms. The van der Waals surface area contributed by atoms with Crippen LogP contribution >= 0.6 is 0 Å². The predicted octanol–water partition coefficient (Wildman–Crippen LogP) is 3.23. The molecule has 0 radical (unpaired) electrons. The van der Waals surface area contributed by atoms with Gasteiger partial charge in [0.1, 0.15) is 0 Å². The summed E-state index contributed by atoms with van der Waals surface area (Å²) in [6.45, 7) is 3.92. The van der Waals surface area contributed by atoms with E-state index in [1.807, 2.05) is 61.5 Å². The molecular formula is C22H23N3O4. The zero-order valence-corrected chi connectivity index (χ0v) is 16.4. The van der Waals surface area contributed by atoms with Gasteiger partial charge in [-0.1, -0.05) is 48.0 Å². The molecule has 3 aromatic rings. The zero-order valence-electron chi connectivity index (χ0n) is 16.4. The van der Waals surface area contributed by atoms with Gasteiger partial charge >= 0.3 is 5.97 Å². The highest BCUT2D eigenvalue weighted by atomic mass is 16.5. The average Bonchev–Trinajstić information content (AvgIpc) is 3.21. The lowest BCUT2D eigenvalue weighted by molar-refractivity contribution is -0.154. The summed E-state index contributed by atoms with van der Waals surface area (Å²) in [5, 5.41) is 10.7. The van der Waals surface area contributed by atoms with Crippen molar-refractivity contribution in [3.8, 4) is 11.5 Å². The lowest BCUT2D eigenvalue weighted by Gasteiger charge is -2.13. The molecule has 1 aromatic heterocycles. The summed E-state index contributed by atoms with van der Waals surface area (Å²) in [5.74, 6) is -0.0928. The number of hydrogen-bond acceptors (Lipinski definition) is 6. The molecule has 0 aliphatic carbocycles. The van der Waals surface area contributed by atoms with Gasteiger partial charge in [-0.15, -0.1) is 10.2 Å². The standard InChI is InChI=1S/C22H23N3O4/c1-15-8-10-18(11-9-15)22-25-24-19(29-22)12-13-20(26)28-16(2)21(27)23-14-17-6-4-3-5-7-17/h3-11,16H,12-14H2,1-2H3,(H,23,27). The number of nitrogens with zero attached hydrogens (tertiary/aromatic N) is 2. The Bertz CT molecular complexity index is 952. The molecule has 2 aromatic carbocycles. The van der Waals surface area contributed by atoms with Crippen LogP contribution in [-0.2, 0) is 27.3 Å². The quantitative estimate of drug-likeness (QED) is 0.591. The number of ether oxygens (including phenoxy) is 1. The molecule has 7 nitrogen and oxygen atoms in total. The van der Waals surface area contributed by atoms with Gasteiger partial charge in [0.25, 0.3) is 5.91 Å². The molecule has 3 rings (SSSR count). The van der Waals surface area contributed by atoms with Crippen molar-refractivity contribution in [3.05, 3.63) is 71.6 Å². The van der Waals surface area contributed by atoms with Gasteiger partial charge < -0.3 is 14.5 Å². The van der Waals surface area contributed by atoms with Crippen LogP contribution in [0.15, 0.2) is 59.0 Å². The van der Waals surface area contributed by atoms with Gasteiger partial charge in [-0.05, 0) is 31.5 Å². The number of carbonyl (C=O) groups excluding carboxylic acids is 2. The molecule has 1 atom stereocenters. The van der Waals surface area contributed by atoms with Gasteiger partial charge in [0.2, 0.25) is 11.8 Å². The third-order valence-electron chi connectivity index (χ3n) is 4.30. The van der Waals surface area contributed by atoms with Crippen molar-refractivity contribution in [2.75, 3.05) is 0 Å². The SMILES string of the molecule is Cc1ccc(-c2nnc(CCC(=O)OC(C)C(=O)NCc3ccccc3)o2)cc1. The minimum absolute atomic E-state index is 0.0475. The van der Waals surface area contributed by atoms with Crippen molar-refractivity contribution in [1.29, 1.82) is 0 Å². The molecule has 0 spiro atoms. The van der Waals surface area contributed by atoms with Gasteiger partial charge in [0.15, 0.2) is 6.10 Å². The Labute approximate surface area is 169 Å². The monoisotopic (exact) mass is 393 g/mol. The van der Waals surface area contributed by atoms with Crippen molar-refractivity contribution in [1.82, 2.24) is 15.5 Å². The number of carbonyl (C=O) groups is 2. The van der Waals surface area contributed by atoms with Crippen molar-refractivity contribution in [2.45, 2.75) is 39.3 Å². The smallest absolute Gasteiger partial charge is 0.307 e. The van der Waals surface area contributed by atoms with Crippen LogP contribution in [0.25, 0.3) is 11.5 Å². The molecule has 1 unspecified atom stereocenters. The summed E-state index contributed by atoms with van der Waals surface area (Å²) >= 11 is 0. The maximum absolute atomic E-state index is 12.1. The van der Waals surface area contributed by atoms with Crippen LogP contribution in [0.4, 0.5) is 0 Å². The second kappa shape index (κ2) is 9.64. The van der Waals surface area contributed by atoms with Crippen molar-refractivity contribution in [3.63, 3.8) is 0 Å². The number of aryl methyl sites for hydroxylation is 2. The number of amides is 1. The second-order valence-electron chi connectivity index (χ2n) is 6.70. The van der Waals surface area contributed by atoms with Crippen molar-refractivity contribution < 1.29 is 18.7 Å². The number of rotatable bonds is 8. The van der Waals surface area contributed by atoms with E-state index in [2.05, 4.69) is 15.5 Å². The van der Waals surface area contributed by atoms with Crippen LogP contribution in [0, 0.1) is 6.92 Å². The molecule has 0 fully saturated rings. The largest absolute Gasteiger partial charge is 0.453 e. The normalized spacial score (nSPS) is 11.7. The van der Waals surface area contributed by atoms with Gasteiger partial charge in [0, 0.05) is 18.5 Å². The van der Waals surface area contributed by atoms with Gasteiger partial charge in [-0.25, -0.2) is 0 Å². The zero-order chi connectivity index (χ0) is 20.6. The first-order valence-electron chi connectivity index (χ1n) is 9.42. The molecule has 150 valence electrons. The Morgan fingerprint density at radius 2 is 1.79 bits per heavy atom. The van der Waals surface area contributed by atoms with Crippen molar-refractivity contribution in [2.24, 2.45) is 0 Å². The molecule has 1 heterocycles. The third kappa shape index (κ3) is 6.00. The highest BCUT2D eigenvalue weighted by Crippen LogP contribution is 2.18. The fraction of sp³-hybridized carbons (Fsp3) is 0.273. The van der Waals surface area contributed by atoms with Gasteiger partial charge in [0.05, 0.1) is 6.42 Å². The molecule has 1 amide bonds.